The standard InChI is InChI=1S/C21H20ClF3N2O/c22-18-6-5-13-7-9-27(20(28)21(23,24)25)10-8-17(13)19(18)26-16-11-14-3-1-2-4-15(14)12-16/h1-6,16,26H,7-12H2. The van der Waals surface area contributed by atoms with Gasteiger partial charge in [0.15, 0.2) is 0 Å². The van der Waals surface area contributed by atoms with Gasteiger partial charge in [0.1, 0.15) is 0 Å². The van der Waals surface area contributed by atoms with Gasteiger partial charge in [-0.15, -0.1) is 0 Å². The molecule has 1 amide bonds. The van der Waals surface area contributed by atoms with Gasteiger partial charge in [-0.3, -0.25) is 4.79 Å². The van der Waals surface area contributed by atoms with Crippen LogP contribution in [0.2, 0.25) is 5.02 Å². The van der Waals surface area contributed by atoms with Crippen LogP contribution in [0.1, 0.15) is 22.3 Å². The van der Waals surface area contributed by atoms with Crippen molar-refractivity contribution in [3.63, 3.8) is 0 Å². The van der Waals surface area contributed by atoms with Crippen molar-refractivity contribution in [2.24, 2.45) is 0 Å². The normalized spacial score (nSPS) is 17.1. The summed E-state index contributed by atoms with van der Waals surface area (Å²) in [6.07, 6.45) is -2.35. The molecular weight excluding hydrogens is 389 g/mol. The van der Waals surface area contributed by atoms with Gasteiger partial charge in [0.05, 0.1) is 10.7 Å². The van der Waals surface area contributed by atoms with Gasteiger partial charge in [0.2, 0.25) is 0 Å². The van der Waals surface area contributed by atoms with Crippen molar-refractivity contribution in [1.29, 1.82) is 0 Å². The van der Waals surface area contributed by atoms with Gasteiger partial charge in [-0.05, 0) is 54.0 Å². The summed E-state index contributed by atoms with van der Waals surface area (Å²) in [6.45, 7) is 0.0898. The summed E-state index contributed by atoms with van der Waals surface area (Å²) in [7, 11) is 0. The van der Waals surface area contributed by atoms with Crippen LogP contribution in [0.15, 0.2) is 36.4 Å². The summed E-state index contributed by atoms with van der Waals surface area (Å²) >= 11 is 6.45. The molecule has 7 heteroatoms. The zero-order valence-corrected chi connectivity index (χ0v) is 15.9. The number of fused-ring (bicyclic) bond motifs is 2. The molecule has 0 saturated heterocycles. The van der Waals surface area contributed by atoms with Gasteiger partial charge in [-0.2, -0.15) is 13.2 Å². The summed E-state index contributed by atoms with van der Waals surface area (Å²) in [4.78, 5) is 12.5. The average Bonchev–Trinajstić information content (AvgIpc) is 2.94. The van der Waals surface area contributed by atoms with Crippen LogP contribution in [-0.2, 0) is 30.5 Å². The minimum Gasteiger partial charge on any atom is -0.380 e. The second kappa shape index (κ2) is 7.32. The Balaban J connectivity index is 1.55. The highest BCUT2D eigenvalue weighted by atomic mass is 35.5. The molecule has 0 spiro atoms. The minimum atomic E-state index is -4.84. The number of hydrogen-bond acceptors (Lipinski definition) is 2. The lowest BCUT2D eigenvalue weighted by atomic mass is 10.00. The van der Waals surface area contributed by atoms with Crippen LogP contribution in [0.4, 0.5) is 18.9 Å². The summed E-state index contributed by atoms with van der Waals surface area (Å²) < 4.78 is 38.4. The molecule has 0 saturated carbocycles. The number of nitrogens with zero attached hydrogens (tertiary/aromatic N) is 1. The second-order valence-corrected chi connectivity index (χ2v) is 7.78. The topological polar surface area (TPSA) is 32.3 Å². The van der Waals surface area contributed by atoms with E-state index in [0.717, 1.165) is 34.6 Å². The third-order valence-electron chi connectivity index (χ3n) is 5.57. The predicted molar refractivity (Wildman–Crippen MR) is 103 cm³/mol. The van der Waals surface area contributed by atoms with E-state index in [0.29, 0.717) is 17.9 Å². The Kier molecular flexibility index (Phi) is 5.00. The van der Waals surface area contributed by atoms with Crippen molar-refractivity contribution in [1.82, 2.24) is 4.90 Å². The number of nitrogens with one attached hydrogen (secondary N) is 1. The van der Waals surface area contributed by atoms with E-state index in [1.165, 1.54) is 11.1 Å². The van der Waals surface area contributed by atoms with Gasteiger partial charge < -0.3 is 10.2 Å². The Morgan fingerprint density at radius 1 is 1.00 bits per heavy atom. The first-order valence-electron chi connectivity index (χ1n) is 9.32. The van der Waals surface area contributed by atoms with Gasteiger partial charge in [-0.1, -0.05) is 41.9 Å². The molecule has 0 radical (unpaired) electrons. The maximum atomic E-state index is 12.8. The lowest BCUT2D eigenvalue weighted by Gasteiger charge is -2.22. The number of benzene rings is 2. The summed E-state index contributed by atoms with van der Waals surface area (Å²) in [5, 5.41) is 4.09. The number of rotatable bonds is 2. The fourth-order valence-electron chi connectivity index (χ4n) is 4.20. The molecule has 1 heterocycles. The quantitative estimate of drug-likeness (QED) is 0.798. The fraction of sp³-hybridized carbons (Fsp3) is 0.381. The number of carbonyl (C=O) groups excluding carboxylic acids is 1. The molecule has 3 nitrogen and oxygen atoms in total. The third-order valence-corrected chi connectivity index (χ3v) is 5.89. The van der Waals surface area contributed by atoms with E-state index in [-0.39, 0.29) is 19.1 Å². The smallest absolute Gasteiger partial charge is 0.380 e. The zero-order valence-electron chi connectivity index (χ0n) is 15.2. The molecule has 1 N–H and O–H groups in total. The van der Waals surface area contributed by atoms with Crippen molar-refractivity contribution in [2.45, 2.75) is 37.9 Å². The Morgan fingerprint density at radius 3 is 2.29 bits per heavy atom. The maximum Gasteiger partial charge on any atom is 0.471 e. The van der Waals surface area contributed by atoms with Crippen LogP contribution in [0, 0.1) is 0 Å². The highest BCUT2D eigenvalue weighted by Gasteiger charge is 2.42. The summed E-state index contributed by atoms with van der Waals surface area (Å²) in [5.41, 5.74) is 5.26. The van der Waals surface area contributed by atoms with Gasteiger partial charge in [-0.25, -0.2) is 0 Å². The molecule has 0 bridgehead atoms. The zero-order chi connectivity index (χ0) is 19.9. The molecule has 1 aliphatic carbocycles. The molecule has 0 aromatic heterocycles. The van der Waals surface area contributed by atoms with Crippen molar-refractivity contribution in [3.8, 4) is 0 Å². The van der Waals surface area contributed by atoms with E-state index in [1.54, 1.807) is 6.07 Å². The molecular formula is C21H20ClF3N2O. The summed E-state index contributed by atoms with van der Waals surface area (Å²) in [6, 6.07) is 12.1. The van der Waals surface area contributed by atoms with Crippen molar-refractivity contribution in [3.05, 3.63) is 63.7 Å². The number of amides is 1. The predicted octanol–water partition coefficient (Wildman–Crippen LogP) is 4.41. The average molecular weight is 409 g/mol. The van der Waals surface area contributed by atoms with Gasteiger partial charge >= 0.3 is 12.1 Å². The molecule has 0 atom stereocenters. The SMILES string of the molecule is O=C(N1CCc2ccc(Cl)c(NC3Cc4ccccc4C3)c2CC1)C(F)(F)F. The molecule has 1 aliphatic heterocycles. The van der Waals surface area contributed by atoms with Crippen molar-refractivity contribution in [2.75, 3.05) is 18.4 Å². The van der Waals surface area contributed by atoms with Gasteiger partial charge in [0, 0.05) is 19.1 Å². The van der Waals surface area contributed by atoms with Crippen molar-refractivity contribution < 1.29 is 18.0 Å². The van der Waals surface area contributed by atoms with Crippen LogP contribution in [0.5, 0.6) is 0 Å². The first kappa shape index (κ1) is 19.1. The number of alkyl halides is 3. The Morgan fingerprint density at radius 2 is 1.64 bits per heavy atom. The van der Waals surface area contributed by atoms with E-state index in [4.69, 9.17) is 11.6 Å². The van der Waals surface area contributed by atoms with Gasteiger partial charge in [0.25, 0.3) is 0 Å². The Hall–Kier alpha value is -2.21. The largest absolute Gasteiger partial charge is 0.471 e. The molecule has 4 rings (SSSR count). The van der Waals surface area contributed by atoms with Crippen LogP contribution in [0.25, 0.3) is 0 Å². The molecule has 0 fully saturated rings. The number of anilines is 1. The molecule has 2 aromatic rings. The van der Waals surface area contributed by atoms with E-state index < -0.39 is 12.1 Å². The Labute approximate surface area is 166 Å². The minimum absolute atomic E-state index is 0.0330. The second-order valence-electron chi connectivity index (χ2n) is 7.37. The van der Waals surface area contributed by atoms with Crippen molar-refractivity contribution >= 4 is 23.2 Å². The highest BCUT2D eigenvalue weighted by molar-refractivity contribution is 6.33. The molecule has 0 unspecified atom stereocenters. The lowest BCUT2D eigenvalue weighted by Crippen LogP contribution is -2.42. The first-order chi connectivity index (χ1) is 13.3. The molecule has 2 aliphatic rings. The monoisotopic (exact) mass is 408 g/mol. The third kappa shape index (κ3) is 3.70. The van der Waals surface area contributed by atoms with Crippen LogP contribution in [0.3, 0.4) is 0 Å². The molecule has 2 aromatic carbocycles. The number of halogens is 4. The van der Waals surface area contributed by atoms with E-state index in [1.807, 2.05) is 18.2 Å². The Bertz CT molecular complexity index is 888. The number of carbonyl (C=O) groups is 1. The van der Waals surface area contributed by atoms with E-state index >= 15 is 0 Å². The van der Waals surface area contributed by atoms with Crippen LogP contribution >= 0.6 is 11.6 Å². The van der Waals surface area contributed by atoms with E-state index in [2.05, 4.69) is 17.4 Å². The first-order valence-corrected chi connectivity index (χ1v) is 9.70. The maximum absolute atomic E-state index is 12.8. The molecule has 28 heavy (non-hydrogen) atoms. The van der Waals surface area contributed by atoms with E-state index in [9.17, 15) is 18.0 Å². The lowest BCUT2D eigenvalue weighted by molar-refractivity contribution is -0.185. The fourth-order valence-corrected chi connectivity index (χ4v) is 4.43. The number of hydrogen-bond donors (Lipinski definition) is 1. The summed E-state index contributed by atoms with van der Waals surface area (Å²) in [5.74, 6) is -1.77. The molecule has 148 valence electrons. The van der Waals surface area contributed by atoms with Crippen LogP contribution < -0.4 is 5.32 Å². The van der Waals surface area contributed by atoms with Crippen LogP contribution in [-0.4, -0.2) is 36.1 Å². The highest BCUT2D eigenvalue weighted by Crippen LogP contribution is 2.34.